The Kier molecular flexibility index (Phi) is 8.02. The van der Waals surface area contributed by atoms with Crippen LogP contribution in [0.4, 0.5) is 0 Å². The third-order valence-electron chi connectivity index (χ3n) is 5.19. The highest BCUT2D eigenvalue weighted by Crippen LogP contribution is 2.12. The van der Waals surface area contributed by atoms with Crippen molar-refractivity contribution >= 4 is 5.91 Å². The van der Waals surface area contributed by atoms with Crippen molar-refractivity contribution in [3.8, 4) is 6.07 Å². The molecule has 3 rings (SSSR count). The second kappa shape index (κ2) is 11.1. The molecule has 1 saturated heterocycles. The van der Waals surface area contributed by atoms with Crippen molar-refractivity contribution in [2.45, 2.75) is 13.1 Å². The van der Waals surface area contributed by atoms with Gasteiger partial charge in [-0.3, -0.25) is 9.69 Å². The average Bonchev–Trinajstić information content (AvgIpc) is 2.79. The second-order valence-electron chi connectivity index (χ2n) is 7.39. The van der Waals surface area contributed by atoms with Crippen molar-refractivity contribution < 1.29 is 9.90 Å². The first-order chi connectivity index (χ1) is 14.7. The Labute approximate surface area is 178 Å². The summed E-state index contributed by atoms with van der Waals surface area (Å²) in [6.45, 7) is 4.47. The lowest BCUT2D eigenvalue weighted by Gasteiger charge is -2.34. The van der Waals surface area contributed by atoms with E-state index in [0.29, 0.717) is 26.2 Å². The van der Waals surface area contributed by atoms with Gasteiger partial charge in [-0.15, -0.1) is 0 Å². The third kappa shape index (κ3) is 6.18. The van der Waals surface area contributed by atoms with Crippen molar-refractivity contribution in [2.24, 2.45) is 0 Å². The molecule has 2 aromatic carbocycles. The Bertz CT molecular complexity index is 869. The molecule has 0 aromatic heterocycles. The topological polar surface area (TPSA) is 70.8 Å². The highest BCUT2D eigenvalue weighted by atomic mass is 16.3. The van der Waals surface area contributed by atoms with Gasteiger partial charge < -0.3 is 14.9 Å². The zero-order chi connectivity index (χ0) is 21.2. The lowest BCUT2D eigenvalue weighted by atomic mass is 10.1. The van der Waals surface area contributed by atoms with E-state index in [0.717, 1.165) is 25.2 Å². The molecule has 1 heterocycles. The fourth-order valence-electron chi connectivity index (χ4n) is 3.57. The SMILES string of the molecule is N#C/C(=C/N(CCO)Cc1ccccc1)C(=O)N1CCN(Cc2ccccc2)CC1. The van der Waals surface area contributed by atoms with Gasteiger partial charge in [0.1, 0.15) is 11.6 Å². The smallest absolute Gasteiger partial charge is 0.266 e. The first-order valence-corrected chi connectivity index (χ1v) is 10.3. The van der Waals surface area contributed by atoms with E-state index in [-0.39, 0.29) is 18.1 Å². The summed E-state index contributed by atoms with van der Waals surface area (Å²) in [6, 6.07) is 22.2. The van der Waals surface area contributed by atoms with Crippen LogP contribution >= 0.6 is 0 Å². The third-order valence-corrected chi connectivity index (χ3v) is 5.19. The Morgan fingerprint density at radius 3 is 2.17 bits per heavy atom. The Hall–Kier alpha value is -3.14. The summed E-state index contributed by atoms with van der Waals surface area (Å²) in [5.74, 6) is -0.243. The van der Waals surface area contributed by atoms with Gasteiger partial charge in [-0.2, -0.15) is 5.26 Å². The number of amides is 1. The van der Waals surface area contributed by atoms with Crippen LogP contribution in [-0.2, 0) is 17.9 Å². The zero-order valence-corrected chi connectivity index (χ0v) is 17.2. The summed E-state index contributed by atoms with van der Waals surface area (Å²) in [5.41, 5.74) is 2.42. The van der Waals surface area contributed by atoms with Gasteiger partial charge >= 0.3 is 0 Å². The average molecular weight is 405 g/mol. The van der Waals surface area contributed by atoms with Gasteiger partial charge in [0.15, 0.2) is 0 Å². The molecule has 0 bridgehead atoms. The lowest BCUT2D eigenvalue weighted by Crippen LogP contribution is -2.48. The van der Waals surface area contributed by atoms with Gasteiger partial charge in [0, 0.05) is 52.0 Å². The lowest BCUT2D eigenvalue weighted by molar-refractivity contribution is -0.128. The maximum Gasteiger partial charge on any atom is 0.266 e. The number of carbonyl (C=O) groups excluding carboxylic acids is 1. The van der Waals surface area contributed by atoms with Crippen LogP contribution in [0.5, 0.6) is 0 Å². The standard InChI is InChI=1S/C24H28N4O2/c25-17-23(20-27(15-16-29)19-22-9-5-2-6-10-22)24(30)28-13-11-26(12-14-28)18-21-7-3-1-4-8-21/h1-10,20,29H,11-16,18-19H2/b23-20-. The minimum atomic E-state index is -0.243. The number of aliphatic hydroxyl groups excluding tert-OH is 1. The molecule has 0 aliphatic carbocycles. The molecule has 6 nitrogen and oxygen atoms in total. The number of nitriles is 1. The molecule has 6 heteroatoms. The molecule has 1 fully saturated rings. The predicted molar refractivity (Wildman–Crippen MR) is 116 cm³/mol. The number of aliphatic hydroxyl groups is 1. The molecule has 0 spiro atoms. The van der Waals surface area contributed by atoms with Gasteiger partial charge in [0.25, 0.3) is 5.91 Å². The van der Waals surface area contributed by atoms with E-state index >= 15 is 0 Å². The van der Waals surface area contributed by atoms with Gasteiger partial charge in [-0.1, -0.05) is 60.7 Å². The van der Waals surface area contributed by atoms with Crippen LogP contribution < -0.4 is 0 Å². The van der Waals surface area contributed by atoms with Crippen LogP contribution in [-0.4, -0.2) is 65.0 Å². The molecular weight excluding hydrogens is 376 g/mol. The number of carbonyl (C=O) groups is 1. The Balaban J connectivity index is 1.60. The highest BCUT2D eigenvalue weighted by Gasteiger charge is 2.24. The van der Waals surface area contributed by atoms with Crippen molar-refractivity contribution in [1.82, 2.24) is 14.7 Å². The van der Waals surface area contributed by atoms with Crippen LogP contribution in [0.2, 0.25) is 0 Å². The predicted octanol–water partition coefficient (Wildman–Crippen LogP) is 2.23. The van der Waals surface area contributed by atoms with Crippen molar-refractivity contribution in [2.75, 3.05) is 39.3 Å². The zero-order valence-electron chi connectivity index (χ0n) is 17.2. The van der Waals surface area contributed by atoms with Gasteiger partial charge in [0.2, 0.25) is 0 Å². The first-order valence-electron chi connectivity index (χ1n) is 10.3. The van der Waals surface area contributed by atoms with Gasteiger partial charge in [-0.25, -0.2) is 0 Å². The number of benzene rings is 2. The van der Waals surface area contributed by atoms with Gasteiger partial charge in [0.05, 0.1) is 6.61 Å². The first kappa shape index (κ1) is 21.6. The number of piperazine rings is 1. The van der Waals surface area contributed by atoms with E-state index in [1.54, 1.807) is 11.1 Å². The molecule has 0 saturated carbocycles. The van der Waals surface area contributed by atoms with E-state index in [1.807, 2.05) is 53.4 Å². The molecule has 1 aliphatic rings. The fourth-order valence-corrected chi connectivity index (χ4v) is 3.57. The molecule has 1 N–H and O–H groups in total. The minimum Gasteiger partial charge on any atom is -0.395 e. The summed E-state index contributed by atoms with van der Waals surface area (Å²) < 4.78 is 0. The Morgan fingerprint density at radius 2 is 1.60 bits per heavy atom. The maximum absolute atomic E-state index is 12.9. The van der Waals surface area contributed by atoms with E-state index < -0.39 is 0 Å². The summed E-state index contributed by atoms with van der Waals surface area (Å²) in [6.07, 6.45) is 1.59. The minimum absolute atomic E-state index is 0.0472. The summed E-state index contributed by atoms with van der Waals surface area (Å²) in [5, 5.41) is 19.0. The molecule has 0 radical (unpaired) electrons. The summed E-state index contributed by atoms with van der Waals surface area (Å²) in [4.78, 5) is 18.8. The van der Waals surface area contributed by atoms with Crippen molar-refractivity contribution in [1.29, 1.82) is 5.26 Å². The van der Waals surface area contributed by atoms with Crippen LogP contribution in [0.3, 0.4) is 0 Å². The fraction of sp³-hybridized carbons (Fsp3) is 0.333. The monoisotopic (exact) mass is 404 g/mol. The molecule has 0 atom stereocenters. The van der Waals surface area contributed by atoms with Crippen LogP contribution in [0.15, 0.2) is 72.4 Å². The van der Waals surface area contributed by atoms with Crippen LogP contribution in [0, 0.1) is 11.3 Å². The number of rotatable bonds is 8. The molecule has 0 unspecified atom stereocenters. The van der Waals surface area contributed by atoms with Crippen molar-refractivity contribution in [3.05, 3.63) is 83.6 Å². The Morgan fingerprint density at radius 1 is 1.00 bits per heavy atom. The van der Waals surface area contributed by atoms with E-state index in [2.05, 4.69) is 23.1 Å². The molecule has 2 aromatic rings. The van der Waals surface area contributed by atoms with Crippen LogP contribution in [0.1, 0.15) is 11.1 Å². The van der Waals surface area contributed by atoms with Gasteiger partial charge in [-0.05, 0) is 11.1 Å². The highest BCUT2D eigenvalue weighted by molar-refractivity contribution is 5.97. The maximum atomic E-state index is 12.9. The molecule has 156 valence electrons. The quantitative estimate of drug-likeness (QED) is 0.540. The summed E-state index contributed by atoms with van der Waals surface area (Å²) >= 11 is 0. The van der Waals surface area contributed by atoms with Crippen LogP contribution in [0.25, 0.3) is 0 Å². The second-order valence-corrected chi connectivity index (χ2v) is 7.39. The molecule has 30 heavy (non-hydrogen) atoms. The molecule has 1 amide bonds. The van der Waals surface area contributed by atoms with E-state index in [9.17, 15) is 15.2 Å². The number of nitrogens with zero attached hydrogens (tertiary/aromatic N) is 4. The molecular formula is C24H28N4O2. The number of hydrogen-bond acceptors (Lipinski definition) is 5. The van der Waals surface area contributed by atoms with E-state index in [1.165, 1.54) is 5.56 Å². The number of hydrogen-bond donors (Lipinski definition) is 1. The normalized spacial score (nSPS) is 14.9. The van der Waals surface area contributed by atoms with E-state index in [4.69, 9.17) is 0 Å². The van der Waals surface area contributed by atoms with Crippen molar-refractivity contribution in [3.63, 3.8) is 0 Å². The summed E-state index contributed by atoms with van der Waals surface area (Å²) in [7, 11) is 0. The molecule has 1 aliphatic heterocycles. The largest absolute Gasteiger partial charge is 0.395 e.